The van der Waals surface area contributed by atoms with E-state index in [1.54, 1.807) is 56.9 Å². The van der Waals surface area contributed by atoms with Gasteiger partial charge in [0.05, 0.1) is 24.8 Å². The van der Waals surface area contributed by atoms with Crippen molar-refractivity contribution in [1.29, 1.82) is 0 Å². The minimum Gasteiger partial charge on any atom is -0.497 e. The molecule has 3 aromatic rings. The maximum atomic E-state index is 13.5. The van der Waals surface area contributed by atoms with Crippen molar-refractivity contribution in [2.45, 2.75) is 25.9 Å². The van der Waals surface area contributed by atoms with Crippen LogP contribution in [-0.4, -0.2) is 41.6 Å². The molecule has 0 bridgehead atoms. The van der Waals surface area contributed by atoms with Crippen LogP contribution in [0.1, 0.15) is 41.6 Å². The van der Waals surface area contributed by atoms with Gasteiger partial charge >= 0.3 is 0 Å². The average Bonchev–Trinajstić information content (AvgIpc) is 3.25. The number of benzene rings is 2. The second-order valence-corrected chi connectivity index (χ2v) is 8.57. The lowest BCUT2D eigenvalue weighted by molar-refractivity contribution is -0.124. The van der Waals surface area contributed by atoms with Crippen molar-refractivity contribution < 1.29 is 19.1 Å². The topological polar surface area (TPSA) is 94.5 Å². The third-order valence-corrected chi connectivity index (χ3v) is 5.79. The maximum Gasteiger partial charge on any atom is 0.253 e. The van der Waals surface area contributed by atoms with Crippen LogP contribution in [0.4, 0.5) is 0 Å². The molecule has 0 spiro atoms. The highest BCUT2D eigenvalue weighted by molar-refractivity contribution is 6.33. The number of ether oxygens (including phenoxy) is 2. The number of carbonyl (C=O) groups excluding carboxylic acids is 2. The van der Waals surface area contributed by atoms with Gasteiger partial charge in [-0.05, 0) is 35.7 Å². The molecule has 0 saturated heterocycles. The molecule has 0 radical (unpaired) electrons. The molecule has 3 rings (SSSR count). The summed E-state index contributed by atoms with van der Waals surface area (Å²) in [5.41, 5.74) is 1.03. The van der Waals surface area contributed by atoms with Crippen LogP contribution in [0.3, 0.4) is 0 Å². The van der Waals surface area contributed by atoms with E-state index in [-0.39, 0.29) is 11.8 Å². The second kappa shape index (κ2) is 11.1. The number of nitrogens with zero attached hydrogens (tertiary/aromatic N) is 2. The van der Waals surface area contributed by atoms with Gasteiger partial charge in [0.25, 0.3) is 5.91 Å². The Labute approximate surface area is 204 Å². The number of aryl methyl sites for hydroxylation is 1. The molecule has 0 aliphatic rings. The van der Waals surface area contributed by atoms with Crippen molar-refractivity contribution in [3.63, 3.8) is 0 Å². The van der Waals surface area contributed by atoms with Crippen LogP contribution in [-0.2, 0) is 11.8 Å². The Balaban J connectivity index is 1.93. The number of imidazole rings is 1. The number of amides is 2. The lowest BCUT2D eigenvalue weighted by atomic mass is 10.00. The molecular weight excluding hydrogens is 456 g/mol. The van der Waals surface area contributed by atoms with Crippen molar-refractivity contribution in [2.75, 3.05) is 14.2 Å². The summed E-state index contributed by atoms with van der Waals surface area (Å²) in [5, 5.41) is 6.19. The fourth-order valence-electron chi connectivity index (χ4n) is 3.58. The van der Waals surface area contributed by atoms with E-state index in [2.05, 4.69) is 15.6 Å². The number of aromatic nitrogens is 2. The van der Waals surface area contributed by atoms with Gasteiger partial charge < -0.3 is 24.7 Å². The second-order valence-electron chi connectivity index (χ2n) is 8.16. The van der Waals surface area contributed by atoms with Gasteiger partial charge in [-0.1, -0.05) is 37.6 Å². The summed E-state index contributed by atoms with van der Waals surface area (Å²) < 4.78 is 12.6. The highest BCUT2D eigenvalue weighted by Crippen LogP contribution is 2.29. The predicted octanol–water partition coefficient (Wildman–Crippen LogP) is 3.75. The first kappa shape index (κ1) is 25.1. The fraction of sp³-hybridized carbons (Fsp3) is 0.320. The van der Waals surface area contributed by atoms with Crippen molar-refractivity contribution >= 4 is 23.4 Å². The Kier molecular flexibility index (Phi) is 8.17. The lowest BCUT2D eigenvalue weighted by Crippen LogP contribution is -2.50. The van der Waals surface area contributed by atoms with E-state index in [1.807, 2.05) is 37.6 Å². The van der Waals surface area contributed by atoms with Crippen molar-refractivity contribution in [2.24, 2.45) is 13.0 Å². The maximum absolute atomic E-state index is 13.5. The molecule has 1 aromatic heterocycles. The molecule has 9 heteroatoms. The van der Waals surface area contributed by atoms with Gasteiger partial charge in [0.1, 0.15) is 29.4 Å². The zero-order valence-corrected chi connectivity index (χ0v) is 20.6. The molecule has 34 heavy (non-hydrogen) atoms. The fourth-order valence-corrected chi connectivity index (χ4v) is 3.80. The molecule has 0 saturated carbocycles. The highest BCUT2D eigenvalue weighted by atomic mass is 35.5. The van der Waals surface area contributed by atoms with E-state index >= 15 is 0 Å². The SMILES string of the molecule is COc1cc(OC)cc(C(NC(=O)[C@@H](NC(=O)c2ccccc2Cl)C(C)C)c2nccn2C)c1. The van der Waals surface area contributed by atoms with E-state index in [9.17, 15) is 9.59 Å². The molecule has 8 nitrogen and oxygen atoms in total. The van der Waals surface area contributed by atoms with Gasteiger partial charge in [0, 0.05) is 25.5 Å². The molecule has 0 aliphatic carbocycles. The van der Waals surface area contributed by atoms with Crippen LogP contribution in [0.25, 0.3) is 0 Å². The number of methoxy groups -OCH3 is 2. The summed E-state index contributed by atoms with van der Waals surface area (Å²) in [6.45, 7) is 3.73. The molecule has 2 N–H and O–H groups in total. The summed E-state index contributed by atoms with van der Waals surface area (Å²) in [6, 6.07) is 10.7. The highest BCUT2D eigenvalue weighted by Gasteiger charge is 2.30. The normalized spacial score (nSPS) is 12.7. The molecule has 0 aliphatic heterocycles. The van der Waals surface area contributed by atoms with E-state index in [1.165, 1.54) is 0 Å². The van der Waals surface area contributed by atoms with Gasteiger partial charge in [-0.3, -0.25) is 9.59 Å². The number of carbonyl (C=O) groups is 2. The minimum absolute atomic E-state index is 0.187. The van der Waals surface area contributed by atoms with Crippen LogP contribution in [0.15, 0.2) is 54.9 Å². The lowest BCUT2D eigenvalue weighted by Gasteiger charge is -2.26. The number of nitrogens with one attached hydrogen (secondary N) is 2. The van der Waals surface area contributed by atoms with E-state index < -0.39 is 18.0 Å². The minimum atomic E-state index is -0.806. The molecule has 2 aromatic carbocycles. The van der Waals surface area contributed by atoms with Crippen LogP contribution in [0, 0.1) is 5.92 Å². The first-order chi connectivity index (χ1) is 16.2. The Morgan fingerprint density at radius 1 is 1.03 bits per heavy atom. The standard InChI is InChI=1S/C25H29ClN4O4/c1-15(2)21(28-24(31)19-8-6-7-9-20(19)26)25(32)29-22(23-27-10-11-30(23)3)16-12-17(33-4)14-18(13-16)34-5/h6-15,21-22H,1-5H3,(H,28,31)(H,29,32)/t21-,22?/m0/s1. The molecule has 2 atom stereocenters. The zero-order valence-electron chi connectivity index (χ0n) is 19.8. The van der Waals surface area contributed by atoms with E-state index in [0.29, 0.717) is 27.9 Å². The monoisotopic (exact) mass is 484 g/mol. The smallest absolute Gasteiger partial charge is 0.253 e. The predicted molar refractivity (Wildman–Crippen MR) is 130 cm³/mol. The Morgan fingerprint density at radius 2 is 1.68 bits per heavy atom. The Morgan fingerprint density at radius 3 is 2.21 bits per heavy atom. The van der Waals surface area contributed by atoms with Crippen LogP contribution in [0.5, 0.6) is 11.5 Å². The molecule has 1 unspecified atom stereocenters. The quantitative estimate of drug-likeness (QED) is 0.482. The van der Waals surface area contributed by atoms with Crippen molar-refractivity contribution in [1.82, 2.24) is 20.2 Å². The largest absolute Gasteiger partial charge is 0.497 e. The third-order valence-electron chi connectivity index (χ3n) is 5.46. The summed E-state index contributed by atoms with van der Waals surface area (Å²) >= 11 is 6.17. The number of rotatable bonds is 9. The Bertz CT molecular complexity index is 1140. The van der Waals surface area contributed by atoms with Gasteiger partial charge in [-0.15, -0.1) is 0 Å². The summed E-state index contributed by atoms with van der Waals surface area (Å²) in [5.74, 6) is 0.809. The zero-order chi connectivity index (χ0) is 24.8. The number of halogens is 1. The van der Waals surface area contributed by atoms with E-state index in [0.717, 1.165) is 5.56 Å². The molecule has 0 fully saturated rings. The van der Waals surface area contributed by atoms with Crippen LogP contribution < -0.4 is 20.1 Å². The van der Waals surface area contributed by atoms with Crippen molar-refractivity contribution in [3.8, 4) is 11.5 Å². The van der Waals surface area contributed by atoms with E-state index in [4.69, 9.17) is 21.1 Å². The molecule has 1 heterocycles. The van der Waals surface area contributed by atoms with Crippen molar-refractivity contribution in [3.05, 3.63) is 76.8 Å². The van der Waals surface area contributed by atoms with Gasteiger partial charge in [-0.2, -0.15) is 0 Å². The summed E-state index contributed by atoms with van der Waals surface area (Å²) in [4.78, 5) is 30.8. The van der Waals surface area contributed by atoms with Gasteiger partial charge in [-0.25, -0.2) is 4.98 Å². The summed E-state index contributed by atoms with van der Waals surface area (Å²) in [6.07, 6.45) is 3.45. The third kappa shape index (κ3) is 5.69. The number of hydrogen-bond donors (Lipinski definition) is 2. The number of hydrogen-bond acceptors (Lipinski definition) is 5. The molecular formula is C25H29ClN4O4. The van der Waals surface area contributed by atoms with Gasteiger partial charge in [0.15, 0.2) is 0 Å². The molecule has 180 valence electrons. The van der Waals surface area contributed by atoms with Gasteiger partial charge in [0.2, 0.25) is 5.91 Å². The van der Waals surface area contributed by atoms with Crippen LogP contribution >= 0.6 is 11.6 Å². The first-order valence-corrected chi connectivity index (χ1v) is 11.2. The summed E-state index contributed by atoms with van der Waals surface area (Å²) in [7, 11) is 4.97. The Hall–Kier alpha value is -3.52. The molecule has 2 amide bonds. The average molecular weight is 485 g/mol. The van der Waals surface area contributed by atoms with Crippen LogP contribution in [0.2, 0.25) is 5.02 Å². The first-order valence-electron chi connectivity index (χ1n) is 10.8.